The van der Waals surface area contributed by atoms with Crippen molar-refractivity contribution in [3.05, 3.63) is 18.0 Å². The summed E-state index contributed by atoms with van der Waals surface area (Å²) in [5.74, 6) is 0. The molecule has 0 aliphatic carbocycles. The fraction of sp³-hybridized carbons (Fsp3) is 0.727. The smallest absolute Gasteiger partial charge is 0.0534 e. The Morgan fingerprint density at radius 3 is 2.67 bits per heavy atom. The van der Waals surface area contributed by atoms with Gasteiger partial charge in [0.1, 0.15) is 0 Å². The molecular formula is C11H22N4. The van der Waals surface area contributed by atoms with Gasteiger partial charge in [-0.25, -0.2) is 0 Å². The van der Waals surface area contributed by atoms with Crippen molar-refractivity contribution in [3.8, 4) is 0 Å². The highest BCUT2D eigenvalue weighted by Gasteiger charge is 2.18. The van der Waals surface area contributed by atoms with E-state index < -0.39 is 0 Å². The summed E-state index contributed by atoms with van der Waals surface area (Å²) >= 11 is 0. The van der Waals surface area contributed by atoms with Crippen LogP contribution in [0.15, 0.2) is 12.4 Å². The van der Waals surface area contributed by atoms with Crippen LogP contribution in [0.4, 0.5) is 0 Å². The van der Waals surface area contributed by atoms with E-state index in [2.05, 4.69) is 30.9 Å². The van der Waals surface area contributed by atoms with Crippen LogP contribution in [0.3, 0.4) is 0 Å². The second-order valence-corrected chi connectivity index (χ2v) is 5.06. The zero-order valence-corrected chi connectivity index (χ0v) is 10.2. The molecule has 4 heteroatoms. The molecule has 1 heterocycles. The molecule has 15 heavy (non-hydrogen) atoms. The molecule has 2 N–H and O–H groups in total. The molecule has 0 radical (unpaired) electrons. The summed E-state index contributed by atoms with van der Waals surface area (Å²) in [6, 6.07) is 0. The van der Waals surface area contributed by atoms with E-state index in [-0.39, 0.29) is 5.41 Å². The van der Waals surface area contributed by atoms with Crippen LogP contribution in [-0.2, 0) is 13.6 Å². The fourth-order valence-electron chi connectivity index (χ4n) is 1.72. The lowest BCUT2D eigenvalue weighted by molar-refractivity contribution is 0.210. The number of aryl methyl sites for hydroxylation is 1. The summed E-state index contributed by atoms with van der Waals surface area (Å²) in [7, 11) is 4.05. The van der Waals surface area contributed by atoms with Crippen molar-refractivity contribution in [1.82, 2.24) is 14.7 Å². The number of hydrogen-bond acceptors (Lipinski definition) is 3. The highest BCUT2D eigenvalue weighted by Crippen LogP contribution is 2.15. The minimum atomic E-state index is 0.178. The molecule has 0 atom stereocenters. The summed E-state index contributed by atoms with van der Waals surface area (Å²) in [4.78, 5) is 2.28. The number of nitrogens with zero attached hydrogens (tertiary/aromatic N) is 3. The Morgan fingerprint density at radius 1 is 1.53 bits per heavy atom. The van der Waals surface area contributed by atoms with Gasteiger partial charge in [-0.1, -0.05) is 13.8 Å². The van der Waals surface area contributed by atoms with E-state index >= 15 is 0 Å². The van der Waals surface area contributed by atoms with Gasteiger partial charge in [0.25, 0.3) is 0 Å². The Balaban J connectivity index is 2.46. The maximum absolute atomic E-state index is 5.71. The van der Waals surface area contributed by atoms with Crippen LogP contribution in [0.5, 0.6) is 0 Å². The van der Waals surface area contributed by atoms with E-state index in [0.717, 1.165) is 13.1 Å². The molecular weight excluding hydrogens is 188 g/mol. The number of rotatable bonds is 5. The third-order valence-electron chi connectivity index (χ3n) is 2.46. The zero-order valence-electron chi connectivity index (χ0n) is 10.2. The van der Waals surface area contributed by atoms with Crippen LogP contribution < -0.4 is 5.73 Å². The normalized spacial score (nSPS) is 12.4. The largest absolute Gasteiger partial charge is 0.330 e. The SMILES string of the molecule is CN(Cc1cnn(C)c1)CC(C)(C)CN. The average molecular weight is 210 g/mol. The summed E-state index contributed by atoms with van der Waals surface area (Å²) in [6.07, 6.45) is 3.96. The topological polar surface area (TPSA) is 47.1 Å². The zero-order chi connectivity index (χ0) is 11.5. The molecule has 1 aromatic heterocycles. The van der Waals surface area contributed by atoms with Gasteiger partial charge in [0.05, 0.1) is 6.20 Å². The molecule has 0 aliphatic rings. The van der Waals surface area contributed by atoms with Gasteiger partial charge >= 0.3 is 0 Å². The Kier molecular flexibility index (Phi) is 3.88. The molecule has 0 amide bonds. The lowest BCUT2D eigenvalue weighted by Gasteiger charge is -2.28. The van der Waals surface area contributed by atoms with Gasteiger partial charge in [-0.3, -0.25) is 4.68 Å². The molecule has 86 valence electrons. The monoisotopic (exact) mass is 210 g/mol. The van der Waals surface area contributed by atoms with E-state index in [1.807, 2.05) is 24.1 Å². The molecule has 0 unspecified atom stereocenters. The first kappa shape index (κ1) is 12.2. The maximum atomic E-state index is 5.71. The molecule has 0 aromatic carbocycles. The van der Waals surface area contributed by atoms with E-state index in [0.29, 0.717) is 6.54 Å². The van der Waals surface area contributed by atoms with Crippen LogP contribution in [0.25, 0.3) is 0 Å². The van der Waals surface area contributed by atoms with Gasteiger partial charge in [0.2, 0.25) is 0 Å². The van der Waals surface area contributed by atoms with Crippen molar-refractivity contribution in [3.63, 3.8) is 0 Å². The first-order chi connectivity index (χ1) is 6.93. The van der Waals surface area contributed by atoms with Crippen molar-refractivity contribution in [2.75, 3.05) is 20.1 Å². The highest BCUT2D eigenvalue weighted by molar-refractivity contribution is 5.03. The minimum Gasteiger partial charge on any atom is -0.330 e. The van der Waals surface area contributed by atoms with Crippen molar-refractivity contribution in [2.24, 2.45) is 18.2 Å². The fourth-order valence-corrected chi connectivity index (χ4v) is 1.72. The lowest BCUT2D eigenvalue weighted by atomic mass is 9.93. The summed E-state index contributed by atoms with van der Waals surface area (Å²) in [6.45, 7) is 7.01. The standard InChI is InChI=1S/C11H22N4/c1-11(2,8-12)9-14(3)6-10-5-13-15(4)7-10/h5,7H,6,8-9,12H2,1-4H3. The minimum absolute atomic E-state index is 0.178. The van der Waals surface area contributed by atoms with Crippen LogP contribution in [0.1, 0.15) is 19.4 Å². The second kappa shape index (κ2) is 4.77. The molecule has 1 rings (SSSR count). The molecule has 0 aliphatic heterocycles. The van der Waals surface area contributed by atoms with Crippen LogP contribution in [0.2, 0.25) is 0 Å². The van der Waals surface area contributed by atoms with Crippen LogP contribution in [0, 0.1) is 5.41 Å². The molecule has 4 nitrogen and oxygen atoms in total. The Labute approximate surface area is 92.1 Å². The lowest BCUT2D eigenvalue weighted by Crippen LogP contribution is -2.36. The number of nitrogens with two attached hydrogens (primary N) is 1. The van der Waals surface area contributed by atoms with Gasteiger partial charge < -0.3 is 10.6 Å². The van der Waals surface area contributed by atoms with E-state index in [1.165, 1.54) is 5.56 Å². The summed E-state index contributed by atoms with van der Waals surface area (Å²) in [5.41, 5.74) is 7.13. The average Bonchev–Trinajstić information content (AvgIpc) is 2.50. The van der Waals surface area contributed by atoms with Gasteiger partial charge in [0, 0.05) is 31.9 Å². The summed E-state index contributed by atoms with van der Waals surface area (Å²) < 4.78 is 1.83. The first-order valence-corrected chi connectivity index (χ1v) is 5.29. The third-order valence-corrected chi connectivity index (χ3v) is 2.46. The predicted molar refractivity (Wildman–Crippen MR) is 62.4 cm³/mol. The summed E-state index contributed by atoms with van der Waals surface area (Å²) in [5, 5.41) is 4.15. The van der Waals surface area contributed by atoms with E-state index in [4.69, 9.17) is 5.73 Å². The van der Waals surface area contributed by atoms with Crippen LogP contribution >= 0.6 is 0 Å². The van der Waals surface area contributed by atoms with E-state index in [1.54, 1.807) is 0 Å². The van der Waals surface area contributed by atoms with Gasteiger partial charge in [-0.05, 0) is 19.0 Å². The van der Waals surface area contributed by atoms with Gasteiger partial charge in [-0.15, -0.1) is 0 Å². The Morgan fingerprint density at radius 2 is 2.20 bits per heavy atom. The van der Waals surface area contributed by atoms with Gasteiger partial charge in [-0.2, -0.15) is 5.10 Å². The third kappa shape index (κ3) is 4.01. The van der Waals surface area contributed by atoms with Crippen LogP contribution in [-0.4, -0.2) is 34.8 Å². The molecule has 0 fully saturated rings. The van der Waals surface area contributed by atoms with Crippen molar-refractivity contribution in [2.45, 2.75) is 20.4 Å². The molecule has 0 saturated carbocycles. The Bertz CT molecular complexity index is 303. The van der Waals surface area contributed by atoms with Gasteiger partial charge in [0.15, 0.2) is 0 Å². The Hall–Kier alpha value is -0.870. The predicted octanol–water partition coefficient (Wildman–Crippen LogP) is 0.837. The molecule has 1 aromatic rings. The van der Waals surface area contributed by atoms with Crippen molar-refractivity contribution >= 4 is 0 Å². The first-order valence-electron chi connectivity index (χ1n) is 5.29. The molecule has 0 saturated heterocycles. The number of hydrogen-bond donors (Lipinski definition) is 1. The molecule has 0 bridgehead atoms. The number of aromatic nitrogens is 2. The quantitative estimate of drug-likeness (QED) is 0.783. The maximum Gasteiger partial charge on any atom is 0.0534 e. The van der Waals surface area contributed by atoms with Crippen molar-refractivity contribution < 1.29 is 0 Å². The van der Waals surface area contributed by atoms with E-state index in [9.17, 15) is 0 Å². The molecule has 0 spiro atoms. The second-order valence-electron chi connectivity index (χ2n) is 5.06. The highest BCUT2D eigenvalue weighted by atomic mass is 15.2. The van der Waals surface area contributed by atoms with Crippen molar-refractivity contribution in [1.29, 1.82) is 0 Å².